The summed E-state index contributed by atoms with van der Waals surface area (Å²) < 4.78 is 16.7. The molecule has 2 unspecified atom stereocenters. The molecule has 0 radical (unpaired) electrons. The van der Waals surface area contributed by atoms with E-state index >= 15 is 0 Å². The van der Waals surface area contributed by atoms with Gasteiger partial charge in [0.1, 0.15) is 52.6 Å². The predicted octanol–water partition coefficient (Wildman–Crippen LogP) is 1.47. The molecule has 0 bridgehead atoms. The minimum atomic E-state index is -1.91. The van der Waals surface area contributed by atoms with E-state index in [1.54, 1.807) is 0 Å². The third-order valence-electron chi connectivity index (χ3n) is 7.09. The van der Waals surface area contributed by atoms with Crippen LogP contribution in [0.25, 0.3) is 28.4 Å². The monoisotopic (exact) mass is 610 g/mol. The molecule has 0 saturated carbocycles. The first kappa shape index (κ1) is 30.2. The first-order valence-corrected chi connectivity index (χ1v) is 13.0. The number of fused-ring (bicyclic) bond motifs is 1. The van der Waals surface area contributed by atoms with Crippen LogP contribution in [0.4, 0.5) is 0 Å². The van der Waals surface area contributed by atoms with Crippen LogP contribution in [0.3, 0.4) is 0 Å². The zero-order valence-corrected chi connectivity index (χ0v) is 22.4. The summed E-state index contributed by atoms with van der Waals surface area (Å²) in [5.74, 6) is -4.51. The van der Waals surface area contributed by atoms with Crippen molar-refractivity contribution < 1.29 is 64.6 Å². The van der Waals surface area contributed by atoms with Crippen LogP contribution in [0.1, 0.15) is 17.2 Å². The minimum absolute atomic E-state index is 0.0855. The Kier molecular flexibility index (Phi) is 8.08. The van der Waals surface area contributed by atoms with Crippen LogP contribution in [-0.4, -0.2) is 83.0 Å². The van der Waals surface area contributed by atoms with Crippen LogP contribution in [0.15, 0.2) is 63.8 Å². The molecule has 14 heteroatoms. The molecule has 44 heavy (non-hydrogen) atoms. The van der Waals surface area contributed by atoms with Gasteiger partial charge in [-0.1, -0.05) is 6.07 Å². The average molecular weight is 611 g/mol. The number of ether oxygens (including phenoxy) is 2. The Morgan fingerprint density at radius 2 is 1.52 bits per heavy atom. The second kappa shape index (κ2) is 11.8. The van der Waals surface area contributed by atoms with E-state index in [1.165, 1.54) is 24.3 Å². The number of phenols is 6. The predicted molar refractivity (Wildman–Crippen MR) is 150 cm³/mol. The summed E-state index contributed by atoms with van der Waals surface area (Å²) in [6, 6.07) is 9.29. The van der Waals surface area contributed by atoms with Crippen LogP contribution in [0.2, 0.25) is 0 Å². The number of aliphatic hydroxyl groups excluding tert-OH is 3. The molecule has 5 rings (SSSR count). The lowest BCUT2D eigenvalue weighted by atomic mass is 9.89. The number of esters is 1. The van der Waals surface area contributed by atoms with Crippen molar-refractivity contribution in [2.45, 2.75) is 30.5 Å². The molecule has 0 aliphatic carbocycles. The molecule has 1 aromatic heterocycles. The summed E-state index contributed by atoms with van der Waals surface area (Å²) in [7, 11) is 0. The highest BCUT2D eigenvalue weighted by Crippen LogP contribution is 2.45. The number of hydrogen-bond donors (Lipinski definition) is 9. The van der Waals surface area contributed by atoms with E-state index in [9.17, 15) is 55.5 Å². The molecule has 9 N–H and O–H groups in total. The quantitative estimate of drug-likeness (QED) is 0.0852. The molecular weight excluding hydrogens is 584 g/mol. The van der Waals surface area contributed by atoms with E-state index in [1.807, 2.05) is 0 Å². The fraction of sp³-hybridized carbons (Fsp3) is 0.200. The molecule has 14 nitrogen and oxygen atoms in total. The van der Waals surface area contributed by atoms with Gasteiger partial charge in [-0.25, -0.2) is 4.79 Å². The summed E-state index contributed by atoms with van der Waals surface area (Å²) in [4.78, 5) is 25.9. The van der Waals surface area contributed by atoms with E-state index in [-0.39, 0.29) is 28.2 Å². The summed E-state index contributed by atoms with van der Waals surface area (Å²) in [6.07, 6.45) is -6.55. The highest BCUT2D eigenvalue weighted by molar-refractivity contribution is 5.89. The standard InChI is InChI=1S/C30H26O14/c31-11-22-26(39)28(41)30(44-23(38)6-2-12-1-4-14(32)16(34)7-12)29(43-22)25-19(37)10-21-24(27(25)40)18(36)9-20(42-21)13-3-5-15(33)17(35)8-13/h1-10,22,26,28-35,37,39-41H,11H2/b6-2+/t22?,26-,28+,29+,30?/m1/s1. The first-order valence-electron chi connectivity index (χ1n) is 13.0. The molecule has 5 atom stereocenters. The highest BCUT2D eigenvalue weighted by Gasteiger charge is 2.49. The SMILES string of the molecule is O=C(/C=C/c1ccc(O)c(O)c1)OC1[C@@H](O)[C@H](O)C(CO)O[C@H]1c1c(O)cc2oc(-c3ccc(O)c(O)c3)cc(=O)c2c1O. The Bertz CT molecular complexity index is 1830. The second-order valence-electron chi connectivity index (χ2n) is 9.95. The lowest BCUT2D eigenvalue weighted by Crippen LogP contribution is -2.56. The fourth-order valence-corrected chi connectivity index (χ4v) is 4.84. The maximum absolute atomic E-state index is 13.1. The van der Waals surface area contributed by atoms with Gasteiger partial charge in [0, 0.05) is 23.8 Å². The number of rotatable bonds is 6. The number of phenolic OH excluding ortho intramolecular Hbond substituents is 6. The fourth-order valence-electron chi connectivity index (χ4n) is 4.84. The van der Waals surface area contributed by atoms with Crippen molar-refractivity contribution in [3.63, 3.8) is 0 Å². The van der Waals surface area contributed by atoms with Gasteiger partial charge < -0.3 is 59.8 Å². The van der Waals surface area contributed by atoms with Gasteiger partial charge in [-0.3, -0.25) is 4.79 Å². The summed E-state index contributed by atoms with van der Waals surface area (Å²) in [5, 5.41) is 91.2. The molecule has 0 amide bonds. The van der Waals surface area contributed by atoms with Gasteiger partial charge >= 0.3 is 5.97 Å². The molecule has 2 heterocycles. The van der Waals surface area contributed by atoms with E-state index in [4.69, 9.17) is 13.9 Å². The van der Waals surface area contributed by atoms with Crippen LogP contribution >= 0.6 is 0 Å². The number of aliphatic hydroxyl groups is 3. The van der Waals surface area contributed by atoms with Gasteiger partial charge in [0.25, 0.3) is 0 Å². The molecule has 1 aliphatic heterocycles. The lowest BCUT2D eigenvalue weighted by Gasteiger charge is -2.42. The Labute approximate surface area is 246 Å². The number of carbonyl (C=O) groups is 1. The molecule has 4 aromatic rings. The number of aromatic hydroxyl groups is 6. The zero-order valence-electron chi connectivity index (χ0n) is 22.4. The number of carbonyl (C=O) groups excluding carboxylic acids is 1. The van der Waals surface area contributed by atoms with Gasteiger partial charge in [0.15, 0.2) is 34.5 Å². The Hall–Kier alpha value is -5.28. The minimum Gasteiger partial charge on any atom is -0.507 e. The van der Waals surface area contributed by atoms with Crippen molar-refractivity contribution in [3.8, 4) is 45.8 Å². The average Bonchev–Trinajstić information content (AvgIpc) is 2.98. The molecule has 230 valence electrons. The van der Waals surface area contributed by atoms with Crippen molar-refractivity contribution in [1.82, 2.24) is 0 Å². The smallest absolute Gasteiger partial charge is 0.331 e. The molecule has 1 fully saturated rings. The molecule has 1 saturated heterocycles. The maximum Gasteiger partial charge on any atom is 0.331 e. The Morgan fingerprint density at radius 3 is 2.18 bits per heavy atom. The number of hydrogen-bond acceptors (Lipinski definition) is 14. The van der Waals surface area contributed by atoms with Gasteiger partial charge in [0.05, 0.1) is 12.2 Å². The van der Waals surface area contributed by atoms with Crippen LogP contribution in [0.5, 0.6) is 34.5 Å². The Balaban J connectivity index is 1.54. The van der Waals surface area contributed by atoms with E-state index in [0.29, 0.717) is 0 Å². The normalized spacial score (nSPS) is 21.9. The lowest BCUT2D eigenvalue weighted by molar-refractivity contribution is -0.240. The van der Waals surface area contributed by atoms with Gasteiger partial charge in [-0.05, 0) is 42.0 Å². The third-order valence-corrected chi connectivity index (χ3v) is 7.09. The first-order chi connectivity index (χ1) is 20.9. The second-order valence-corrected chi connectivity index (χ2v) is 9.95. The summed E-state index contributed by atoms with van der Waals surface area (Å²) >= 11 is 0. The molecule has 0 spiro atoms. The highest BCUT2D eigenvalue weighted by atomic mass is 16.6. The molecule has 1 aliphatic rings. The van der Waals surface area contributed by atoms with E-state index in [0.717, 1.165) is 36.4 Å². The van der Waals surface area contributed by atoms with Crippen LogP contribution in [-0.2, 0) is 14.3 Å². The van der Waals surface area contributed by atoms with Gasteiger partial charge in [-0.2, -0.15) is 0 Å². The van der Waals surface area contributed by atoms with Gasteiger partial charge in [0.2, 0.25) is 0 Å². The van der Waals surface area contributed by atoms with Crippen molar-refractivity contribution in [3.05, 3.63) is 76.0 Å². The van der Waals surface area contributed by atoms with Crippen LogP contribution < -0.4 is 5.43 Å². The van der Waals surface area contributed by atoms with Gasteiger partial charge in [-0.15, -0.1) is 0 Å². The van der Waals surface area contributed by atoms with Crippen LogP contribution in [0, 0.1) is 0 Å². The largest absolute Gasteiger partial charge is 0.507 e. The van der Waals surface area contributed by atoms with Crippen molar-refractivity contribution in [2.75, 3.05) is 6.61 Å². The third kappa shape index (κ3) is 5.57. The zero-order chi connectivity index (χ0) is 31.9. The van der Waals surface area contributed by atoms with Crippen molar-refractivity contribution in [1.29, 1.82) is 0 Å². The van der Waals surface area contributed by atoms with Crippen molar-refractivity contribution >= 4 is 23.0 Å². The molecular formula is C30H26O14. The van der Waals surface area contributed by atoms with E-state index in [2.05, 4.69) is 0 Å². The van der Waals surface area contributed by atoms with Crippen molar-refractivity contribution in [2.24, 2.45) is 0 Å². The molecule has 3 aromatic carbocycles. The Morgan fingerprint density at radius 1 is 0.841 bits per heavy atom. The summed E-state index contributed by atoms with van der Waals surface area (Å²) in [6.45, 7) is -0.820. The topological polar surface area (TPSA) is 248 Å². The maximum atomic E-state index is 13.1. The summed E-state index contributed by atoms with van der Waals surface area (Å²) in [5.41, 5.74) is -1.16. The number of benzene rings is 3. The van der Waals surface area contributed by atoms with E-state index < -0.39 is 88.2 Å².